The van der Waals surface area contributed by atoms with Gasteiger partial charge in [0.05, 0.1) is 24.8 Å². The zero-order valence-electron chi connectivity index (χ0n) is 14.7. The maximum Gasteiger partial charge on any atom is 0.338 e. The van der Waals surface area contributed by atoms with Crippen LogP contribution in [0, 0.1) is 0 Å². The SMILES string of the molecule is CCOC(=O)c1ccc(-c2cc(OC)cc3c2C(=O)N(C)CC3)cc1. The Kier molecular flexibility index (Phi) is 4.74. The van der Waals surface area contributed by atoms with Gasteiger partial charge in [-0.25, -0.2) is 4.79 Å². The van der Waals surface area contributed by atoms with Gasteiger partial charge in [-0.05, 0) is 54.3 Å². The zero-order chi connectivity index (χ0) is 18.0. The molecule has 0 aliphatic carbocycles. The van der Waals surface area contributed by atoms with E-state index in [4.69, 9.17) is 9.47 Å². The van der Waals surface area contributed by atoms with E-state index < -0.39 is 0 Å². The third kappa shape index (κ3) is 3.22. The summed E-state index contributed by atoms with van der Waals surface area (Å²) in [5.41, 5.74) is 3.88. The Morgan fingerprint density at radius 2 is 1.92 bits per heavy atom. The first-order valence-electron chi connectivity index (χ1n) is 8.29. The van der Waals surface area contributed by atoms with Gasteiger partial charge in [-0.1, -0.05) is 12.1 Å². The topological polar surface area (TPSA) is 55.8 Å². The highest BCUT2D eigenvalue weighted by atomic mass is 16.5. The van der Waals surface area contributed by atoms with Crippen LogP contribution in [0.4, 0.5) is 0 Å². The van der Waals surface area contributed by atoms with E-state index in [1.165, 1.54) is 0 Å². The van der Waals surface area contributed by atoms with Gasteiger partial charge in [-0.2, -0.15) is 0 Å². The van der Waals surface area contributed by atoms with Crippen LogP contribution in [0.5, 0.6) is 5.75 Å². The number of methoxy groups -OCH3 is 1. The molecule has 1 amide bonds. The number of esters is 1. The van der Waals surface area contributed by atoms with Crippen LogP contribution in [0.3, 0.4) is 0 Å². The second-order valence-electron chi connectivity index (χ2n) is 5.98. The number of rotatable bonds is 4. The fourth-order valence-corrected chi connectivity index (χ4v) is 3.05. The molecular formula is C20H21NO4. The van der Waals surface area contributed by atoms with Crippen LogP contribution in [0.15, 0.2) is 36.4 Å². The van der Waals surface area contributed by atoms with Gasteiger partial charge in [-0.3, -0.25) is 4.79 Å². The van der Waals surface area contributed by atoms with Gasteiger partial charge in [0, 0.05) is 13.6 Å². The molecule has 1 aliphatic rings. The van der Waals surface area contributed by atoms with Crippen LogP contribution in [0.1, 0.15) is 33.2 Å². The number of likely N-dealkylation sites (N-methyl/N-ethyl adjacent to an activating group) is 1. The van der Waals surface area contributed by atoms with Gasteiger partial charge in [-0.15, -0.1) is 0 Å². The number of carbonyl (C=O) groups is 2. The molecule has 0 bridgehead atoms. The highest BCUT2D eigenvalue weighted by Crippen LogP contribution is 2.34. The highest BCUT2D eigenvalue weighted by Gasteiger charge is 2.26. The Balaban J connectivity index is 2.07. The van der Waals surface area contributed by atoms with Crippen LogP contribution in [0.2, 0.25) is 0 Å². The smallest absolute Gasteiger partial charge is 0.338 e. The van der Waals surface area contributed by atoms with E-state index in [9.17, 15) is 9.59 Å². The van der Waals surface area contributed by atoms with E-state index in [0.717, 1.165) is 28.9 Å². The molecule has 0 spiro atoms. The summed E-state index contributed by atoms with van der Waals surface area (Å²) in [7, 11) is 3.43. The number of hydrogen-bond acceptors (Lipinski definition) is 4. The quantitative estimate of drug-likeness (QED) is 0.803. The number of amides is 1. The number of hydrogen-bond donors (Lipinski definition) is 0. The van der Waals surface area contributed by atoms with Crippen LogP contribution < -0.4 is 4.74 Å². The average molecular weight is 339 g/mol. The number of benzene rings is 2. The summed E-state index contributed by atoms with van der Waals surface area (Å²) in [5.74, 6) is 0.381. The second-order valence-corrected chi connectivity index (χ2v) is 5.98. The first-order valence-corrected chi connectivity index (χ1v) is 8.29. The van der Waals surface area contributed by atoms with Crippen molar-refractivity contribution in [3.05, 3.63) is 53.1 Å². The third-order valence-electron chi connectivity index (χ3n) is 4.41. The third-order valence-corrected chi connectivity index (χ3v) is 4.41. The molecule has 0 radical (unpaired) electrons. The lowest BCUT2D eigenvalue weighted by Gasteiger charge is -2.27. The zero-order valence-corrected chi connectivity index (χ0v) is 14.7. The molecule has 1 aliphatic heterocycles. The Hall–Kier alpha value is -2.82. The fraction of sp³-hybridized carbons (Fsp3) is 0.300. The van der Waals surface area contributed by atoms with Gasteiger partial charge in [0.2, 0.25) is 0 Å². The molecule has 0 saturated carbocycles. The first kappa shape index (κ1) is 17.0. The van der Waals surface area contributed by atoms with Crippen molar-refractivity contribution in [1.29, 1.82) is 0 Å². The molecule has 0 fully saturated rings. The van der Waals surface area contributed by atoms with E-state index in [1.54, 1.807) is 31.1 Å². The van der Waals surface area contributed by atoms with Gasteiger partial charge in [0.1, 0.15) is 5.75 Å². The Labute approximate surface area is 147 Å². The fourth-order valence-electron chi connectivity index (χ4n) is 3.05. The van der Waals surface area contributed by atoms with E-state index >= 15 is 0 Å². The van der Waals surface area contributed by atoms with Crippen LogP contribution in [-0.2, 0) is 11.2 Å². The molecule has 25 heavy (non-hydrogen) atoms. The Morgan fingerprint density at radius 3 is 2.56 bits per heavy atom. The minimum Gasteiger partial charge on any atom is -0.497 e. The molecule has 2 aromatic rings. The molecule has 0 saturated heterocycles. The summed E-state index contributed by atoms with van der Waals surface area (Å²) < 4.78 is 10.4. The molecule has 0 aromatic heterocycles. The van der Waals surface area contributed by atoms with Crippen molar-refractivity contribution in [2.45, 2.75) is 13.3 Å². The standard InChI is InChI=1S/C20H21NO4/c1-4-25-20(23)14-7-5-13(6-8-14)17-12-16(24-3)11-15-9-10-21(2)19(22)18(15)17/h5-8,11-12H,4,9-10H2,1-3H3. The predicted molar refractivity (Wildman–Crippen MR) is 95.1 cm³/mol. The lowest BCUT2D eigenvalue weighted by atomic mass is 9.90. The molecule has 5 heteroatoms. The molecule has 2 aromatic carbocycles. The Bertz CT molecular complexity index is 811. The molecular weight excluding hydrogens is 318 g/mol. The number of nitrogens with zero attached hydrogens (tertiary/aromatic N) is 1. The van der Waals surface area contributed by atoms with Gasteiger partial charge >= 0.3 is 5.97 Å². The highest BCUT2D eigenvalue weighted by molar-refractivity contribution is 6.03. The lowest BCUT2D eigenvalue weighted by Crippen LogP contribution is -2.34. The lowest BCUT2D eigenvalue weighted by molar-refractivity contribution is 0.0526. The predicted octanol–water partition coefficient (Wildman–Crippen LogP) is 3.17. The van der Waals surface area contributed by atoms with Crippen molar-refractivity contribution < 1.29 is 19.1 Å². The molecule has 0 unspecified atom stereocenters. The maximum atomic E-state index is 12.7. The summed E-state index contributed by atoms with van der Waals surface area (Å²) >= 11 is 0. The molecule has 3 rings (SSSR count). The van der Waals surface area contributed by atoms with Gasteiger partial charge in [0.25, 0.3) is 5.91 Å². The molecule has 5 nitrogen and oxygen atoms in total. The summed E-state index contributed by atoms with van der Waals surface area (Å²) in [5, 5.41) is 0. The number of carbonyl (C=O) groups excluding carboxylic acids is 2. The van der Waals surface area contributed by atoms with Crippen LogP contribution in [0.25, 0.3) is 11.1 Å². The van der Waals surface area contributed by atoms with Gasteiger partial charge < -0.3 is 14.4 Å². The molecule has 0 atom stereocenters. The Morgan fingerprint density at radius 1 is 1.20 bits per heavy atom. The van der Waals surface area contributed by atoms with E-state index in [2.05, 4.69) is 0 Å². The van der Waals surface area contributed by atoms with Crippen molar-refractivity contribution >= 4 is 11.9 Å². The number of fused-ring (bicyclic) bond motifs is 1. The monoisotopic (exact) mass is 339 g/mol. The minimum atomic E-state index is -0.350. The summed E-state index contributed by atoms with van der Waals surface area (Å²) in [4.78, 5) is 26.2. The minimum absolute atomic E-state index is 0.00775. The summed E-state index contributed by atoms with van der Waals surface area (Å²) in [6.07, 6.45) is 0.794. The van der Waals surface area contributed by atoms with Crippen LogP contribution in [-0.4, -0.2) is 44.1 Å². The first-order chi connectivity index (χ1) is 12.0. The number of ether oxygens (including phenoxy) is 2. The maximum absolute atomic E-state index is 12.7. The summed E-state index contributed by atoms with van der Waals surface area (Å²) in [6.45, 7) is 2.81. The molecule has 130 valence electrons. The summed E-state index contributed by atoms with van der Waals surface area (Å²) in [6, 6.07) is 10.9. The van der Waals surface area contributed by atoms with Crippen molar-refractivity contribution in [2.75, 3.05) is 27.3 Å². The van der Waals surface area contributed by atoms with E-state index in [1.807, 2.05) is 31.3 Å². The molecule has 1 heterocycles. The van der Waals surface area contributed by atoms with Crippen LogP contribution >= 0.6 is 0 Å². The second kappa shape index (κ2) is 6.97. The average Bonchev–Trinajstić information content (AvgIpc) is 2.64. The van der Waals surface area contributed by atoms with Gasteiger partial charge in [0.15, 0.2) is 0 Å². The van der Waals surface area contributed by atoms with E-state index in [-0.39, 0.29) is 11.9 Å². The normalized spacial score (nSPS) is 13.4. The van der Waals surface area contributed by atoms with Crippen molar-refractivity contribution in [3.63, 3.8) is 0 Å². The largest absolute Gasteiger partial charge is 0.497 e. The molecule has 0 N–H and O–H groups in total. The van der Waals surface area contributed by atoms with Crippen molar-refractivity contribution in [2.24, 2.45) is 0 Å². The van der Waals surface area contributed by atoms with Crippen molar-refractivity contribution in [3.8, 4) is 16.9 Å². The van der Waals surface area contributed by atoms with Crippen molar-refractivity contribution in [1.82, 2.24) is 4.90 Å². The van der Waals surface area contributed by atoms with E-state index in [0.29, 0.717) is 24.3 Å².